The van der Waals surface area contributed by atoms with Gasteiger partial charge in [-0.3, -0.25) is 14.9 Å². The lowest BCUT2D eigenvalue weighted by Gasteiger charge is -2.32. The molecule has 0 radical (unpaired) electrons. The van der Waals surface area contributed by atoms with Gasteiger partial charge in [0.1, 0.15) is 11.5 Å². The number of halogens is 1. The Labute approximate surface area is 115 Å². The van der Waals surface area contributed by atoms with E-state index in [1.165, 1.54) is 12.1 Å². The zero-order valence-electron chi connectivity index (χ0n) is 11.1. The predicted molar refractivity (Wildman–Crippen MR) is 72.1 cm³/mol. The lowest BCUT2D eigenvalue weighted by molar-refractivity contribution is -0.384. The van der Waals surface area contributed by atoms with Crippen LogP contribution in [-0.4, -0.2) is 31.0 Å². The molecule has 1 aromatic rings. The lowest BCUT2D eigenvalue weighted by Crippen LogP contribution is -2.39. The van der Waals surface area contributed by atoms with Crippen molar-refractivity contribution in [2.24, 2.45) is 5.92 Å². The number of benzene rings is 1. The van der Waals surface area contributed by atoms with Crippen LogP contribution in [0, 0.1) is 21.8 Å². The SMILES string of the molecule is CNC(=O)C1CCN(c2ccc(F)cc2[N+](=O)[O-])CC1. The molecule has 1 amide bonds. The summed E-state index contributed by atoms with van der Waals surface area (Å²) in [6, 6.07) is 3.57. The van der Waals surface area contributed by atoms with Gasteiger partial charge < -0.3 is 10.2 Å². The number of anilines is 1. The number of nitro groups is 1. The summed E-state index contributed by atoms with van der Waals surface area (Å²) in [4.78, 5) is 23.8. The second-order valence-corrected chi connectivity index (χ2v) is 4.77. The molecule has 0 unspecified atom stereocenters. The summed E-state index contributed by atoms with van der Waals surface area (Å²) in [6.07, 6.45) is 1.27. The highest BCUT2D eigenvalue weighted by atomic mass is 19.1. The van der Waals surface area contributed by atoms with Gasteiger partial charge in [-0.1, -0.05) is 0 Å². The maximum Gasteiger partial charge on any atom is 0.295 e. The fraction of sp³-hybridized carbons (Fsp3) is 0.462. The van der Waals surface area contributed by atoms with Crippen LogP contribution in [0.3, 0.4) is 0 Å². The van der Waals surface area contributed by atoms with Gasteiger partial charge in [0.15, 0.2) is 0 Å². The fourth-order valence-electron chi connectivity index (χ4n) is 2.50. The van der Waals surface area contributed by atoms with Gasteiger partial charge in [-0.15, -0.1) is 0 Å². The average molecular weight is 281 g/mol. The van der Waals surface area contributed by atoms with Crippen molar-refractivity contribution < 1.29 is 14.1 Å². The Morgan fingerprint density at radius 1 is 1.45 bits per heavy atom. The molecular formula is C13H16FN3O3. The standard InChI is InChI=1S/C13H16FN3O3/c1-15-13(18)9-4-6-16(7-5-9)11-3-2-10(14)8-12(11)17(19)20/h2-3,8-9H,4-7H2,1H3,(H,15,18). The third-order valence-electron chi connectivity index (χ3n) is 3.59. The fourth-order valence-corrected chi connectivity index (χ4v) is 2.50. The number of rotatable bonds is 3. The Balaban J connectivity index is 2.15. The first-order valence-electron chi connectivity index (χ1n) is 6.43. The largest absolute Gasteiger partial charge is 0.366 e. The molecule has 0 aromatic heterocycles. The van der Waals surface area contributed by atoms with E-state index in [4.69, 9.17) is 0 Å². The third-order valence-corrected chi connectivity index (χ3v) is 3.59. The monoisotopic (exact) mass is 281 g/mol. The minimum absolute atomic E-state index is 0.00161. The van der Waals surface area contributed by atoms with Gasteiger partial charge in [0.25, 0.3) is 5.69 Å². The molecule has 0 aliphatic carbocycles. The number of nitro benzene ring substituents is 1. The molecule has 1 heterocycles. The van der Waals surface area contributed by atoms with E-state index >= 15 is 0 Å². The molecule has 0 bridgehead atoms. The van der Waals surface area contributed by atoms with Crippen LogP contribution in [-0.2, 0) is 4.79 Å². The highest BCUT2D eigenvalue weighted by molar-refractivity contribution is 5.78. The molecule has 1 fully saturated rings. The summed E-state index contributed by atoms with van der Waals surface area (Å²) in [5.74, 6) is -0.685. The quantitative estimate of drug-likeness (QED) is 0.676. The van der Waals surface area contributed by atoms with Gasteiger partial charge in [-0.05, 0) is 25.0 Å². The van der Waals surface area contributed by atoms with Crippen molar-refractivity contribution >= 4 is 17.3 Å². The van der Waals surface area contributed by atoms with E-state index in [2.05, 4.69) is 5.32 Å². The molecule has 20 heavy (non-hydrogen) atoms. The summed E-state index contributed by atoms with van der Waals surface area (Å²) in [6.45, 7) is 1.09. The van der Waals surface area contributed by atoms with Crippen molar-refractivity contribution in [3.8, 4) is 0 Å². The molecule has 1 N–H and O–H groups in total. The van der Waals surface area contributed by atoms with Crippen molar-refractivity contribution in [2.75, 3.05) is 25.0 Å². The average Bonchev–Trinajstić information content (AvgIpc) is 2.46. The van der Waals surface area contributed by atoms with Gasteiger partial charge in [0.05, 0.1) is 11.0 Å². The number of nitrogens with one attached hydrogen (secondary N) is 1. The molecule has 108 valence electrons. The van der Waals surface area contributed by atoms with Crippen molar-refractivity contribution in [3.05, 3.63) is 34.1 Å². The van der Waals surface area contributed by atoms with Gasteiger partial charge in [0.2, 0.25) is 5.91 Å². The summed E-state index contributed by atoms with van der Waals surface area (Å²) in [5.41, 5.74) is 0.176. The minimum atomic E-state index is -0.624. The summed E-state index contributed by atoms with van der Waals surface area (Å²) in [7, 11) is 1.60. The van der Waals surface area contributed by atoms with Gasteiger partial charge in [-0.2, -0.15) is 0 Å². The predicted octanol–water partition coefficient (Wildman–Crippen LogP) is 1.70. The van der Waals surface area contributed by atoms with E-state index in [9.17, 15) is 19.3 Å². The van der Waals surface area contributed by atoms with E-state index in [-0.39, 0.29) is 17.5 Å². The second kappa shape index (κ2) is 5.85. The van der Waals surface area contributed by atoms with Crippen molar-refractivity contribution in [2.45, 2.75) is 12.8 Å². The highest BCUT2D eigenvalue weighted by Gasteiger charge is 2.27. The smallest absolute Gasteiger partial charge is 0.295 e. The van der Waals surface area contributed by atoms with Crippen molar-refractivity contribution in [1.82, 2.24) is 5.32 Å². The molecule has 0 spiro atoms. The normalized spacial score (nSPS) is 16.0. The molecule has 0 atom stereocenters. The third kappa shape index (κ3) is 2.87. The van der Waals surface area contributed by atoms with Crippen LogP contribution in [0.5, 0.6) is 0 Å². The van der Waals surface area contributed by atoms with E-state index in [1.54, 1.807) is 7.05 Å². The summed E-state index contributed by atoms with van der Waals surface area (Å²) in [5, 5.41) is 13.6. The maximum atomic E-state index is 13.1. The van der Waals surface area contributed by atoms with E-state index in [1.807, 2.05) is 4.90 Å². The molecule has 0 saturated carbocycles. The number of hydrogen-bond acceptors (Lipinski definition) is 4. The number of hydrogen-bond donors (Lipinski definition) is 1. The first-order valence-corrected chi connectivity index (χ1v) is 6.43. The Morgan fingerprint density at radius 3 is 2.65 bits per heavy atom. The van der Waals surface area contributed by atoms with Crippen LogP contribution in [0.25, 0.3) is 0 Å². The van der Waals surface area contributed by atoms with Gasteiger partial charge in [-0.25, -0.2) is 4.39 Å². The lowest BCUT2D eigenvalue weighted by atomic mass is 9.95. The molecule has 1 aromatic carbocycles. The van der Waals surface area contributed by atoms with E-state index in [0.717, 1.165) is 6.07 Å². The van der Waals surface area contributed by atoms with Crippen LogP contribution in [0.1, 0.15) is 12.8 Å². The molecular weight excluding hydrogens is 265 g/mol. The van der Waals surface area contributed by atoms with Crippen molar-refractivity contribution in [3.63, 3.8) is 0 Å². The number of carbonyl (C=O) groups is 1. The number of piperidine rings is 1. The first-order chi connectivity index (χ1) is 9.52. The Morgan fingerprint density at radius 2 is 2.10 bits per heavy atom. The van der Waals surface area contributed by atoms with Crippen LogP contribution in [0.15, 0.2) is 18.2 Å². The highest BCUT2D eigenvalue weighted by Crippen LogP contribution is 2.32. The Hall–Kier alpha value is -2.18. The molecule has 6 nitrogen and oxygen atoms in total. The van der Waals surface area contributed by atoms with Crippen LogP contribution in [0.2, 0.25) is 0 Å². The topological polar surface area (TPSA) is 75.5 Å². The second-order valence-electron chi connectivity index (χ2n) is 4.77. The first kappa shape index (κ1) is 14.2. The molecule has 1 saturated heterocycles. The zero-order chi connectivity index (χ0) is 14.7. The van der Waals surface area contributed by atoms with E-state index in [0.29, 0.717) is 31.6 Å². The maximum absolute atomic E-state index is 13.1. The van der Waals surface area contributed by atoms with E-state index < -0.39 is 10.7 Å². The Kier molecular flexibility index (Phi) is 4.16. The number of carbonyl (C=O) groups excluding carboxylic acids is 1. The number of nitrogens with zero attached hydrogens (tertiary/aromatic N) is 2. The van der Waals surface area contributed by atoms with Crippen LogP contribution in [0.4, 0.5) is 15.8 Å². The number of amides is 1. The molecule has 7 heteroatoms. The molecule has 1 aliphatic rings. The van der Waals surface area contributed by atoms with Crippen molar-refractivity contribution in [1.29, 1.82) is 0 Å². The van der Waals surface area contributed by atoms with Crippen LogP contribution >= 0.6 is 0 Å². The minimum Gasteiger partial charge on any atom is -0.366 e. The zero-order valence-corrected chi connectivity index (χ0v) is 11.1. The molecule has 1 aliphatic heterocycles. The summed E-state index contributed by atoms with van der Waals surface area (Å²) >= 11 is 0. The summed E-state index contributed by atoms with van der Waals surface area (Å²) < 4.78 is 13.1. The Bertz CT molecular complexity index is 528. The molecule has 2 rings (SSSR count). The van der Waals surface area contributed by atoms with Gasteiger partial charge in [0, 0.05) is 26.1 Å². The van der Waals surface area contributed by atoms with Crippen LogP contribution < -0.4 is 10.2 Å². The van der Waals surface area contributed by atoms with Gasteiger partial charge >= 0.3 is 0 Å².